The minimum absolute atomic E-state index is 0.0981. The van der Waals surface area contributed by atoms with Crippen LogP contribution in [0.25, 0.3) is 21.9 Å². The van der Waals surface area contributed by atoms with Crippen LogP contribution in [0.5, 0.6) is 0 Å². The first-order valence-corrected chi connectivity index (χ1v) is 10.5. The second-order valence-electron chi connectivity index (χ2n) is 7.28. The minimum atomic E-state index is -0.919. The van der Waals surface area contributed by atoms with Gasteiger partial charge in [-0.15, -0.1) is 6.42 Å². The lowest BCUT2D eigenvalue weighted by Gasteiger charge is -2.14. The van der Waals surface area contributed by atoms with E-state index in [1.165, 1.54) is 0 Å². The molecule has 0 radical (unpaired) electrons. The summed E-state index contributed by atoms with van der Waals surface area (Å²) in [6.45, 7) is 2.31. The van der Waals surface area contributed by atoms with Crippen LogP contribution in [0.3, 0.4) is 0 Å². The number of benzene rings is 2. The maximum absolute atomic E-state index is 12.0. The first-order chi connectivity index (χ1) is 16.4. The molecule has 2 aromatic carbocycles. The molecule has 0 fully saturated rings. The molecular formula is C25H24N4O5. The number of ether oxygens (including phenoxy) is 1. The number of carbonyl (C=O) groups excluding carboxylic acids is 2. The Morgan fingerprint density at radius 2 is 1.94 bits per heavy atom. The molecule has 1 aromatic heterocycles. The van der Waals surface area contributed by atoms with E-state index in [4.69, 9.17) is 16.3 Å². The maximum Gasteiger partial charge on any atom is 0.408 e. The zero-order valence-electron chi connectivity index (χ0n) is 18.6. The van der Waals surface area contributed by atoms with Crippen molar-refractivity contribution in [1.29, 1.82) is 0 Å². The van der Waals surface area contributed by atoms with E-state index in [9.17, 15) is 14.4 Å². The number of alkyl carbamates (subject to hydrolysis) is 1. The highest BCUT2D eigenvalue weighted by Gasteiger charge is 2.13. The molecule has 0 saturated heterocycles. The van der Waals surface area contributed by atoms with Gasteiger partial charge in [0.15, 0.2) is 6.61 Å². The number of carboxylic acids is 1. The Kier molecular flexibility index (Phi) is 8.02. The topological polar surface area (TPSA) is 130 Å². The van der Waals surface area contributed by atoms with Crippen LogP contribution in [0.1, 0.15) is 18.1 Å². The third-order valence-electron chi connectivity index (χ3n) is 4.87. The molecule has 0 aliphatic carbocycles. The van der Waals surface area contributed by atoms with Gasteiger partial charge in [0.05, 0.1) is 6.42 Å². The summed E-state index contributed by atoms with van der Waals surface area (Å²) in [5, 5.41) is 18.7. The zero-order valence-corrected chi connectivity index (χ0v) is 18.6. The second-order valence-corrected chi connectivity index (χ2v) is 7.28. The van der Waals surface area contributed by atoms with Gasteiger partial charge < -0.3 is 20.5 Å². The molecule has 0 atom stereocenters. The molecule has 4 N–H and O–H groups in total. The van der Waals surface area contributed by atoms with E-state index in [2.05, 4.69) is 26.9 Å². The van der Waals surface area contributed by atoms with Crippen LogP contribution in [-0.4, -0.2) is 41.3 Å². The first kappa shape index (κ1) is 24.1. The Bertz CT molecular complexity index is 1270. The first-order valence-electron chi connectivity index (χ1n) is 10.5. The minimum Gasteiger partial charge on any atom is -0.481 e. The Morgan fingerprint density at radius 3 is 2.68 bits per heavy atom. The summed E-state index contributed by atoms with van der Waals surface area (Å²) in [6.07, 6.45) is 5.98. The van der Waals surface area contributed by atoms with Gasteiger partial charge in [0.1, 0.15) is 5.82 Å². The largest absolute Gasteiger partial charge is 0.481 e. The maximum atomic E-state index is 12.0. The van der Waals surface area contributed by atoms with E-state index in [1.807, 2.05) is 31.2 Å². The van der Waals surface area contributed by atoms with Gasteiger partial charge in [0.25, 0.3) is 0 Å². The van der Waals surface area contributed by atoms with Crippen molar-refractivity contribution in [2.75, 3.05) is 18.5 Å². The normalized spacial score (nSPS) is 10.2. The molecule has 0 spiro atoms. The number of fused-ring (bicyclic) bond motifs is 1. The van der Waals surface area contributed by atoms with Crippen LogP contribution in [0, 0.1) is 12.3 Å². The summed E-state index contributed by atoms with van der Waals surface area (Å²) in [4.78, 5) is 39.3. The number of nitrogens with zero attached hydrogens (tertiary/aromatic N) is 1. The second kappa shape index (κ2) is 11.3. The van der Waals surface area contributed by atoms with Crippen molar-refractivity contribution in [2.45, 2.75) is 19.9 Å². The van der Waals surface area contributed by atoms with E-state index in [0.29, 0.717) is 17.9 Å². The number of carboxylic acid groups (broad SMARTS) is 1. The molecular weight excluding hydrogens is 436 g/mol. The third kappa shape index (κ3) is 6.23. The molecule has 0 aliphatic rings. The van der Waals surface area contributed by atoms with E-state index < -0.39 is 12.1 Å². The van der Waals surface area contributed by atoms with Gasteiger partial charge in [-0.3, -0.25) is 10.1 Å². The van der Waals surface area contributed by atoms with Crippen molar-refractivity contribution in [3.8, 4) is 23.5 Å². The van der Waals surface area contributed by atoms with Gasteiger partial charge in [-0.25, -0.2) is 14.6 Å². The molecule has 0 saturated carbocycles. The highest BCUT2D eigenvalue weighted by atomic mass is 16.5. The number of hydrogen-bond donors (Lipinski definition) is 4. The number of hydrogen-bond acceptors (Lipinski definition) is 5. The van der Waals surface area contributed by atoms with Gasteiger partial charge in [0, 0.05) is 24.7 Å². The van der Waals surface area contributed by atoms with Gasteiger partial charge in [-0.05, 0) is 40.6 Å². The Labute approximate surface area is 196 Å². The molecule has 34 heavy (non-hydrogen) atoms. The molecule has 174 valence electrons. The van der Waals surface area contributed by atoms with Crippen LogP contribution >= 0.6 is 0 Å². The number of aliphatic carboxylic acids is 1. The molecule has 3 rings (SSSR count). The highest BCUT2D eigenvalue weighted by Crippen LogP contribution is 2.32. The number of rotatable bonds is 8. The lowest BCUT2D eigenvalue weighted by atomic mass is 9.94. The van der Waals surface area contributed by atoms with Crippen LogP contribution in [-0.2, 0) is 22.5 Å². The Hall–Kier alpha value is -4.58. The summed E-state index contributed by atoms with van der Waals surface area (Å²) in [6, 6.07) is 12.3. The zero-order chi connectivity index (χ0) is 24.5. The molecule has 3 aromatic rings. The number of anilines is 1. The quantitative estimate of drug-likeness (QED) is 0.381. The SMILES string of the molecule is C#CCOC(=O)NCc1ccc(-c2cccc(CC(=O)O)c2)c2cc(NC(=O)NCC)ncc12. The Morgan fingerprint density at radius 1 is 1.12 bits per heavy atom. The summed E-state index contributed by atoms with van der Waals surface area (Å²) in [5.41, 5.74) is 3.07. The molecule has 1 heterocycles. The molecule has 0 unspecified atom stereocenters. The number of pyridine rings is 1. The van der Waals surface area contributed by atoms with Crippen LogP contribution in [0.2, 0.25) is 0 Å². The number of amides is 3. The average Bonchev–Trinajstić information content (AvgIpc) is 2.81. The predicted octanol–water partition coefficient (Wildman–Crippen LogP) is 3.53. The fourth-order valence-corrected chi connectivity index (χ4v) is 3.44. The number of urea groups is 1. The van der Waals surface area contributed by atoms with Crippen LogP contribution in [0.15, 0.2) is 48.7 Å². The summed E-state index contributed by atoms with van der Waals surface area (Å²) < 4.78 is 4.84. The lowest BCUT2D eigenvalue weighted by molar-refractivity contribution is -0.136. The number of nitrogens with one attached hydrogen (secondary N) is 3. The molecule has 9 nitrogen and oxygen atoms in total. The van der Waals surface area contributed by atoms with E-state index in [-0.39, 0.29) is 25.6 Å². The van der Waals surface area contributed by atoms with Gasteiger partial charge >= 0.3 is 18.1 Å². The summed E-state index contributed by atoms with van der Waals surface area (Å²) in [7, 11) is 0. The van der Waals surface area contributed by atoms with Crippen molar-refractivity contribution in [1.82, 2.24) is 15.6 Å². The van der Waals surface area contributed by atoms with Crippen molar-refractivity contribution in [3.05, 3.63) is 59.8 Å². The predicted molar refractivity (Wildman–Crippen MR) is 128 cm³/mol. The lowest BCUT2D eigenvalue weighted by Crippen LogP contribution is -2.28. The number of terminal acetylenes is 1. The fourth-order valence-electron chi connectivity index (χ4n) is 3.44. The van der Waals surface area contributed by atoms with Gasteiger partial charge in [-0.1, -0.05) is 42.3 Å². The third-order valence-corrected chi connectivity index (χ3v) is 4.87. The Balaban J connectivity index is 2.03. The molecule has 0 bridgehead atoms. The van der Waals surface area contributed by atoms with Crippen molar-refractivity contribution in [3.63, 3.8) is 0 Å². The molecule has 9 heteroatoms. The van der Waals surface area contributed by atoms with E-state index in [1.54, 1.807) is 24.4 Å². The van der Waals surface area contributed by atoms with Crippen LogP contribution in [0.4, 0.5) is 15.4 Å². The average molecular weight is 460 g/mol. The smallest absolute Gasteiger partial charge is 0.408 e. The van der Waals surface area contributed by atoms with Crippen molar-refractivity contribution >= 4 is 34.7 Å². The van der Waals surface area contributed by atoms with Gasteiger partial charge in [0.2, 0.25) is 0 Å². The highest BCUT2D eigenvalue weighted by molar-refractivity contribution is 6.01. The number of carbonyl (C=O) groups is 3. The fraction of sp³-hybridized carbons (Fsp3) is 0.200. The molecule has 3 amide bonds. The van der Waals surface area contributed by atoms with Crippen LogP contribution < -0.4 is 16.0 Å². The standard InChI is InChI=1S/C25H24N4O5/c1-3-10-34-25(33)28-14-18-8-9-19(17-7-5-6-16(11-17)12-23(30)31)20-13-22(27-15-21(18)20)29-24(32)26-4-2/h1,5-9,11,13,15H,4,10,12,14H2,2H3,(H,28,33)(H,30,31)(H2,26,27,29,32). The summed E-state index contributed by atoms with van der Waals surface area (Å²) in [5.74, 6) is 1.66. The number of aromatic nitrogens is 1. The monoisotopic (exact) mass is 460 g/mol. The van der Waals surface area contributed by atoms with E-state index in [0.717, 1.165) is 27.5 Å². The van der Waals surface area contributed by atoms with Gasteiger partial charge in [-0.2, -0.15) is 0 Å². The van der Waals surface area contributed by atoms with Crippen molar-refractivity contribution < 1.29 is 24.2 Å². The molecule has 0 aliphatic heterocycles. The van der Waals surface area contributed by atoms with E-state index >= 15 is 0 Å². The van der Waals surface area contributed by atoms with Crippen molar-refractivity contribution in [2.24, 2.45) is 0 Å². The summed E-state index contributed by atoms with van der Waals surface area (Å²) >= 11 is 0.